The van der Waals surface area contributed by atoms with Crippen molar-refractivity contribution in [2.24, 2.45) is 4.99 Å². The first-order valence-electron chi connectivity index (χ1n) is 3.40. The molecule has 0 aromatic rings. The number of rotatable bonds is 4. The molecular weight excluding hydrogens is 146 g/mol. The van der Waals surface area contributed by atoms with Crippen LogP contribution in [0.3, 0.4) is 0 Å². The summed E-state index contributed by atoms with van der Waals surface area (Å²) >= 11 is 0. The predicted octanol–water partition coefficient (Wildman–Crippen LogP) is 0.664. The summed E-state index contributed by atoms with van der Waals surface area (Å²) in [5, 5.41) is 0. The monoisotopic (exact) mass is 157 g/mol. The van der Waals surface area contributed by atoms with Crippen LogP contribution in [0.5, 0.6) is 0 Å². The van der Waals surface area contributed by atoms with Crippen molar-refractivity contribution in [2.75, 3.05) is 6.54 Å². The van der Waals surface area contributed by atoms with Gasteiger partial charge in [-0.2, -0.15) is 0 Å². The Hall–Kier alpha value is -1.15. The second-order valence-corrected chi connectivity index (χ2v) is 2.26. The maximum Gasteiger partial charge on any atom is 0.307 e. The van der Waals surface area contributed by atoms with Crippen molar-refractivity contribution in [1.82, 2.24) is 0 Å². The van der Waals surface area contributed by atoms with Crippen LogP contribution in [-0.2, 0) is 14.3 Å². The minimum Gasteiger partial charge on any atom is -0.463 e. The van der Waals surface area contributed by atoms with Gasteiger partial charge in [0.25, 0.3) is 0 Å². The van der Waals surface area contributed by atoms with Crippen molar-refractivity contribution < 1.29 is 14.3 Å². The van der Waals surface area contributed by atoms with Gasteiger partial charge in [0.2, 0.25) is 6.08 Å². The summed E-state index contributed by atoms with van der Waals surface area (Å²) in [5.41, 5.74) is 0. The number of nitrogens with zero attached hydrogens (tertiary/aromatic N) is 1. The summed E-state index contributed by atoms with van der Waals surface area (Å²) in [6.07, 6.45) is 1.38. The summed E-state index contributed by atoms with van der Waals surface area (Å²) < 4.78 is 4.77. The van der Waals surface area contributed by atoms with Gasteiger partial charge >= 0.3 is 5.97 Å². The third-order valence-electron chi connectivity index (χ3n) is 0.859. The van der Waals surface area contributed by atoms with E-state index >= 15 is 0 Å². The van der Waals surface area contributed by atoms with E-state index in [4.69, 9.17) is 4.74 Å². The molecule has 0 aromatic heterocycles. The number of isocyanates is 1. The van der Waals surface area contributed by atoms with Gasteiger partial charge in [0, 0.05) is 0 Å². The molecule has 0 atom stereocenters. The quantitative estimate of drug-likeness (QED) is 0.342. The lowest BCUT2D eigenvalue weighted by molar-refractivity contribution is -0.147. The van der Waals surface area contributed by atoms with Crippen LogP contribution in [0.2, 0.25) is 0 Å². The molecule has 0 amide bonds. The molecule has 0 aliphatic carbocycles. The highest BCUT2D eigenvalue weighted by molar-refractivity contribution is 5.69. The maximum atomic E-state index is 10.7. The van der Waals surface area contributed by atoms with Gasteiger partial charge in [-0.15, -0.1) is 0 Å². The number of esters is 1. The van der Waals surface area contributed by atoms with E-state index in [9.17, 15) is 9.59 Å². The molecule has 4 nitrogen and oxygen atoms in total. The lowest BCUT2D eigenvalue weighted by Gasteiger charge is -2.05. The van der Waals surface area contributed by atoms with Crippen LogP contribution in [-0.4, -0.2) is 24.7 Å². The zero-order chi connectivity index (χ0) is 8.69. The van der Waals surface area contributed by atoms with Gasteiger partial charge in [0.1, 0.15) is 0 Å². The molecule has 62 valence electrons. The van der Waals surface area contributed by atoms with Gasteiger partial charge in [-0.25, -0.2) is 9.79 Å². The van der Waals surface area contributed by atoms with Gasteiger partial charge in [-0.1, -0.05) is 0 Å². The molecule has 0 N–H and O–H groups in total. The predicted molar refractivity (Wildman–Crippen MR) is 38.8 cm³/mol. The minimum atomic E-state index is -0.334. The molecule has 0 spiro atoms. The Balaban J connectivity index is 3.45. The van der Waals surface area contributed by atoms with Crippen molar-refractivity contribution in [3.63, 3.8) is 0 Å². The summed E-state index contributed by atoms with van der Waals surface area (Å²) in [5.74, 6) is -0.334. The Morgan fingerprint density at radius 3 is 2.73 bits per heavy atom. The second kappa shape index (κ2) is 5.62. The molecule has 0 unspecified atom stereocenters. The largest absolute Gasteiger partial charge is 0.463 e. The standard InChI is InChI=1S/C7H11NO3/c1-6(2)11-7(10)3-4-8-5-9/h6H,3-4H2,1-2H3. The molecule has 0 rings (SSSR count). The number of ether oxygens (including phenoxy) is 1. The van der Waals surface area contributed by atoms with Gasteiger partial charge in [-0.05, 0) is 13.8 Å². The number of hydrogen-bond acceptors (Lipinski definition) is 4. The summed E-state index contributed by atoms with van der Waals surface area (Å²) in [6, 6.07) is 0. The molecule has 0 aromatic carbocycles. The third-order valence-corrected chi connectivity index (χ3v) is 0.859. The van der Waals surface area contributed by atoms with Crippen LogP contribution < -0.4 is 0 Å². The zero-order valence-electron chi connectivity index (χ0n) is 6.66. The van der Waals surface area contributed by atoms with E-state index in [-0.39, 0.29) is 25.0 Å². The smallest absolute Gasteiger partial charge is 0.307 e. The molecule has 0 fully saturated rings. The average molecular weight is 157 g/mol. The molecule has 4 heteroatoms. The Labute approximate surface area is 65.3 Å². The lowest BCUT2D eigenvalue weighted by Crippen LogP contribution is -2.11. The fraction of sp³-hybridized carbons (Fsp3) is 0.714. The van der Waals surface area contributed by atoms with Crippen molar-refractivity contribution in [1.29, 1.82) is 0 Å². The van der Waals surface area contributed by atoms with E-state index in [2.05, 4.69) is 4.99 Å². The molecule has 0 aliphatic heterocycles. The van der Waals surface area contributed by atoms with E-state index in [1.54, 1.807) is 13.8 Å². The second-order valence-electron chi connectivity index (χ2n) is 2.26. The van der Waals surface area contributed by atoms with Crippen LogP contribution in [0.4, 0.5) is 0 Å². The van der Waals surface area contributed by atoms with Crippen LogP contribution >= 0.6 is 0 Å². The van der Waals surface area contributed by atoms with Crippen LogP contribution in [0.25, 0.3) is 0 Å². The van der Waals surface area contributed by atoms with Gasteiger partial charge in [-0.3, -0.25) is 4.79 Å². The van der Waals surface area contributed by atoms with E-state index in [1.807, 2.05) is 0 Å². The highest BCUT2D eigenvalue weighted by Crippen LogP contribution is 1.92. The fourth-order valence-corrected chi connectivity index (χ4v) is 0.515. The van der Waals surface area contributed by atoms with Crippen molar-refractivity contribution >= 4 is 12.0 Å². The molecule has 11 heavy (non-hydrogen) atoms. The topological polar surface area (TPSA) is 55.7 Å². The zero-order valence-corrected chi connectivity index (χ0v) is 6.66. The normalized spacial score (nSPS) is 9.00. The van der Waals surface area contributed by atoms with Crippen LogP contribution in [0.15, 0.2) is 4.99 Å². The average Bonchev–Trinajstić information content (AvgIpc) is 1.86. The Kier molecular flexibility index (Phi) is 5.03. The van der Waals surface area contributed by atoms with Crippen LogP contribution in [0.1, 0.15) is 20.3 Å². The first-order valence-corrected chi connectivity index (χ1v) is 3.40. The molecule has 0 saturated carbocycles. The molecular formula is C7H11NO3. The SMILES string of the molecule is CC(C)OC(=O)CCN=C=O. The fourth-order valence-electron chi connectivity index (χ4n) is 0.515. The Morgan fingerprint density at radius 1 is 1.64 bits per heavy atom. The first-order chi connectivity index (χ1) is 5.16. The van der Waals surface area contributed by atoms with E-state index in [0.29, 0.717) is 0 Å². The molecule has 0 bridgehead atoms. The number of carbonyl (C=O) groups excluding carboxylic acids is 2. The molecule has 0 aliphatic rings. The van der Waals surface area contributed by atoms with Crippen LogP contribution in [0, 0.1) is 0 Å². The van der Waals surface area contributed by atoms with Crippen molar-refractivity contribution in [3.8, 4) is 0 Å². The first kappa shape index (κ1) is 9.85. The number of carbonyl (C=O) groups is 1. The van der Waals surface area contributed by atoms with E-state index < -0.39 is 0 Å². The van der Waals surface area contributed by atoms with E-state index in [1.165, 1.54) is 6.08 Å². The van der Waals surface area contributed by atoms with Gasteiger partial charge < -0.3 is 4.74 Å². The Bertz CT molecular complexity index is 171. The minimum absolute atomic E-state index is 0.109. The van der Waals surface area contributed by atoms with Gasteiger partial charge in [0.15, 0.2) is 0 Å². The van der Waals surface area contributed by atoms with Gasteiger partial charge in [0.05, 0.1) is 19.1 Å². The highest BCUT2D eigenvalue weighted by atomic mass is 16.5. The Morgan fingerprint density at radius 2 is 2.27 bits per heavy atom. The number of hydrogen-bond donors (Lipinski definition) is 0. The summed E-state index contributed by atoms with van der Waals surface area (Å²) in [7, 11) is 0. The summed E-state index contributed by atoms with van der Waals surface area (Å²) in [6.45, 7) is 3.69. The molecule has 0 heterocycles. The highest BCUT2D eigenvalue weighted by Gasteiger charge is 2.03. The molecule has 0 saturated heterocycles. The van der Waals surface area contributed by atoms with E-state index in [0.717, 1.165) is 0 Å². The summed E-state index contributed by atoms with van der Waals surface area (Å²) in [4.78, 5) is 23.5. The third kappa shape index (κ3) is 6.74. The van der Waals surface area contributed by atoms with Crippen molar-refractivity contribution in [3.05, 3.63) is 0 Å². The number of aliphatic imine (C=N–C) groups is 1. The van der Waals surface area contributed by atoms with Crippen molar-refractivity contribution in [2.45, 2.75) is 26.4 Å². The maximum absolute atomic E-state index is 10.7. The molecule has 0 radical (unpaired) electrons. The lowest BCUT2D eigenvalue weighted by atomic mass is 10.4.